The molecule has 0 aromatic carbocycles. The van der Waals surface area contributed by atoms with Crippen molar-refractivity contribution in [1.82, 2.24) is 14.9 Å². The van der Waals surface area contributed by atoms with Crippen LogP contribution in [0.5, 0.6) is 0 Å². The van der Waals surface area contributed by atoms with Crippen LogP contribution in [0.15, 0.2) is 18.3 Å². The number of hydrogen-bond donors (Lipinski definition) is 1. The Hall–Kier alpha value is -2.16. The number of rotatable bonds is 4. The summed E-state index contributed by atoms with van der Waals surface area (Å²) in [5.74, 6) is 0. The lowest BCUT2D eigenvalue weighted by molar-refractivity contribution is -0.181. The number of alkyl halides is 3. The van der Waals surface area contributed by atoms with Gasteiger partial charge in [0.15, 0.2) is 5.13 Å². The van der Waals surface area contributed by atoms with E-state index in [0.29, 0.717) is 16.4 Å². The van der Waals surface area contributed by atoms with Crippen LogP contribution in [0.4, 0.5) is 23.1 Å². The van der Waals surface area contributed by atoms with Gasteiger partial charge in [0.1, 0.15) is 5.41 Å². The van der Waals surface area contributed by atoms with E-state index in [0.717, 1.165) is 44.5 Å². The van der Waals surface area contributed by atoms with Gasteiger partial charge in [-0.15, -0.1) is 0 Å². The third kappa shape index (κ3) is 4.24. The summed E-state index contributed by atoms with van der Waals surface area (Å²) in [4.78, 5) is 23.5. The number of amides is 2. The Bertz CT molecular complexity index is 894. The molecule has 3 rings (SSSR count). The molecular weight excluding hydrogens is 401 g/mol. The topological polar surface area (TPSA) is 58.1 Å². The number of thiazole rings is 1. The lowest BCUT2D eigenvalue weighted by Gasteiger charge is -2.27. The molecule has 0 bridgehead atoms. The Morgan fingerprint density at radius 2 is 2.10 bits per heavy atom. The van der Waals surface area contributed by atoms with Gasteiger partial charge in [-0.25, -0.2) is 9.78 Å². The smallest absolute Gasteiger partial charge is 0.322 e. The standard InChI is InChI=1S/C20H25F3N4OS/c1-5-14-7-6-10-27(14)18(28)26-17-25-12(2)16(29-17)13-8-9-24-15(11-13)19(3,4)20(21,22)23/h8-9,11,14H,5-7,10H2,1-4H3,(H,25,26,28)/t14-/m1/s1. The third-order valence-corrected chi connectivity index (χ3v) is 6.61. The third-order valence-electron chi connectivity index (χ3n) is 5.49. The molecule has 1 saturated heterocycles. The summed E-state index contributed by atoms with van der Waals surface area (Å²) >= 11 is 1.26. The molecule has 0 saturated carbocycles. The summed E-state index contributed by atoms with van der Waals surface area (Å²) in [5.41, 5.74) is -0.858. The van der Waals surface area contributed by atoms with Gasteiger partial charge in [-0.05, 0) is 57.7 Å². The summed E-state index contributed by atoms with van der Waals surface area (Å²) in [6.07, 6.45) is -0.133. The fourth-order valence-corrected chi connectivity index (χ4v) is 4.42. The van der Waals surface area contributed by atoms with E-state index in [1.807, 2.05) is 4.90 Å². The highest BCUT2D eigenvalue weighted by molar-refractivity contribution is 7.19. The zero-order chi connectivity index (χ0) is 21.4. The van der Waals surface area contributed by atoms with E-state index >= 15 is 0 Å². The van der Waals surface area contributed by atoms with Crippen molar-refractivity contribution < 1.29 is 18.0 Å². The highest BCUT2D eigenvalue weighted by atomic mass is 32.1. The SMILES string of the molecule is CC[C@@H]1CCCN1C(=O)Nc1nc(C)c(-c2ccnc(C(C)(C)C(F)(F)F)c2)s1. The number of aryl methyl sites for hydroxylation is 1. The normalized spacial score (nSPS) is 17.6. The Balaban J connectivity index is 1.84. The number of urea groups is 1. The first kappa shape index (κ1) is 21.5. The number of nitrogens with zero attached hydrogens (tertiary/aromatic N) is 3. The molecule has 29 heavy (non-hydrogen) atoms. The minimum atomic E-state index is -4.41. The first-order valence-electron chi connectivity index (χ1n) is 9.63. The van der Waals surface area contributed by atoms with Gasteiger partial charge in [-0.3, -0.25) is 10.3 Å². The van der Waals surface area contributed by atoms with Gasteiger partial charge in [0.2, 0.25) is 0 Å². The van der Waals surface area contributed by atoms with Crippen LogP contribution in [0, 0.1) is 6.92 Å². The zero-order valence-electron chi connectivity index (χ0n) is 16.9. The summed E-state index contributed by atoms with van der Waals surface area (Å²) in [6.45, 7) is 6.79. The Morgan fingerprint density at radius 1 is 1.38 bits per heavy atom. The number of carbonyl (C=O) groups excluding carboxylic acids is 1. The van der Waals surface area contributed by atoms with Crippen molar-refractivity contribution >= 4 is 22.5 Å². The number of anilines is 1. The monoisotopic (exact) mass is 426 g/mol. The maximum atomic E-state index is 13.4. The van der Waals surface area contributed by atoms with Gasteiger partial charge >= 0.3 is 12.2 Å². The second-order valence-electron chi connectivity index (χ2n) is 7.81. The molecule has 2 amide bonds. The number of aromatic nitrogens is 2. The molecular formula is C20H25F3N4OS. The van der Waals surface area contributed by atoms with Crippen molar-refractivity contribution in [2.24, 2.45) is 0 Å². The Labute approximate surface area is 172 Å². The van der Waals surface area contributed by atoms with Gasteiger partial charge in [-0.1, -0.05) is 18.3 Å². The lowest BCUT2D eigenvalue weighted by atomic mass is 9.87. The minimum Gasteiger partial charge on any atom is -0.322 e. The van der Waals surface area contributed by atoms with Crippen LogP contribution in [0.2, 0.25) is 0 Å². The van der Waals surface area contributed by atoms with Crippen LogP contribution < -0.4 is 5.32 Å². The fraction of sp³-hybridized carbons (Fsp3) is 0.550. The number of likely N-dealkylation sites (tertiary alicyclic amines) is 1. The lowest BCUT2D eigenvalue weighted by Crippen LogP contribution is -2.38. The van der Waals surface area contributed by atoms with E-state index in [-0.39, 0.29) is 17.8 Å². The largest absolute Gasteiger partial charge is 0.399 e. The molecule has 0 spiro atoms. The predicted molar refractivity (Wildman–Crippen MR) is 108 cm³/mol. The number of pyridine rings is 1. The number of carbonyl (C=O) groups is 1. The maximum absolute atomic E-state index is 13.4. The summed E-state index contributed by atoms with van der Waals surface area (Å²) in [7, 11) is 0. The summed E-state index contributed by atoms with van der Waals surface area (Å²) in [6, 6.07) is 3.18. The minimum absolute atomic E-state index is 0.0521. The van der Waals surface area contributed by atoms with E-state index in [2.05, 4.69) is 22.2 Å². The van der Waals surface area contributed by atoms with Crippen molar-refractivity contribution in [2.45, 2.75) is 64.6 Å². The molecule has 1 aliphatic rings. The average molecular weight is 427 g/mol. The van der Waals surface area contributed by atoms with E-state index in [1.54, 1.807) is 13.0 Å². The first-order valence-corrected chi connectivity index (χ1v) is 10.4. The summed E-state index contributed by atoms with van der Waals surface area (Å²) in [5, 5.41) is 3.29. The number of nitrogens with one attached hydrogen (secondary N) is 1. The van der Waals surface area contributed by atoms with Crippen molar-refractivity contribution in [2.75, 3.05) is 11.9 Å². The molecule has 1 N–H and O–H groups in total. The molecule has 158 valence electrons. The predicted octanol–water partition coefficient (Wildman–Crippen LogP) is 5.76. The molecule has 1 aliphatic heterocycles. The van der Waals surface area contributed by atoms with Crippen LogP contribution in [0.3, 0.4) is 0 Å². The van der Waals surface area contributed by atoms with Gasteiger partial charge < -0.3 is 4.90 Å². The molecule has 2 aromatic heterocycles. The number of halogens is 3. The zero-order valence-corrected chi connectivity index (χ0v) is 17.7. The van der Waals surface area contributed by atoms with Gasteiger partial charge in [0.25, 0.3) is 0 Å². The molecule has 0 aliphatic carbocycles. The molecule has 1 atom stereocenters. The molecule has 9 heteroatoms. The first-order chi connectivity index (χ1) is 13.5. The quantitative estimate of drug-likeness (QED) is 0.676. The fourth-order valence-electron chi connectivity index (χ4n) is 3.47. The van der Waals surface area contributed by atoms with E-state index in [9.17, 15) is 18.0 Å². The maximum Gasteiger partial charge on any atom is 0.399 e. The van der Waals surface area contributed by atoms with Crippen LogP contribution in [0.25, 0.3) is 10.4 Å². The van der Waals surface area contributed by atoms with E-state index < -0.39 is 11.6 Å². The highest BCUT2D eigenvalue weighted by Crippen LogP contribution is 2.41. The van der Waals surface area contributed by atoms with Crippen LogP contribution in [-0.4, -0.2) is 39.7 Å². The molecule has 0 radical (unpaired) electrons. The van der Waals surface area contributed by atoms with Gasteiger partial charge in [0.05, 0.1) is 16.3 Å². The van der Waals surface area contributed by atoms with E-state index in [1.165, 1.54) is 23.6 Å². The molecule has 0 unspecified atom stereocenters. The van der Waals surface area contributed by atoms with Crippen molar-refractivity contribution in [3.05, 3.63) is 29.7 Å². The highest BCUT2D eigenvalue weighted by Gasteiger charge is 2.49. The van der Waals surface area contributed by atoms with Crippen molar-refractivity contribution in [1.29, 1.82) is 0 Å². The Kier molecular flexibility index (Phi) is 5.89. The van der Waals surface area contributed by atoms with Crippen LogP contribution >= 0.6 is 11.3 Å². The second-order valence-corrected chi connectivity index (χ2v) is 8.81. The molecule has 3 heterocycles. The molecule has 2 aromatic rings. The van der Waals surface area contributed by atoms with Crippen molar-refractivity contribution in [3.63, 3.8) is 0 Å². The van der Waals surface area contributed by atoms with Gasteiger partial charge in [-0.2, -0.15) is 13.2 Å². The van der Waals surface area contributed by atoms with Crippen LogP contribution in [0.1, 0.15) is 51.4 Å². The average Bonchev–Trinajstić information content (AvgIpc) is 3.27. The molecule has 5 nitrogen and oxygen atoms in total. The number of hydrogen-bond acceptors (Lipinski definition) is 4. The Morgan fingerprint density at radius 3 is 2.76 bits per heavy atom. The van der Waals surface area contributed by atoms with E-state index in [4.69, 9.17) is 0 Å². The van der Waals surface area contributed by atoms with Gasteiger partial charge in [0, 0.05) is 18.8 Å². The second kappa shape index (κ2) is 7.93. The van der Waals surface area contributed by atoms with Crippen molar-refractivity contribution in [3.8, 4) is 10.4 Å². The molecule has 1 fully saturated rings. The summed E-state index contributed by atoms with van der Waals surface area (Å²) < 4.78 is 40.2. The van der Waals surface area contributed by atoms with Crippen LogP contribution in [-0.2, 0) is 5.41 Å².